The van der Waals surface area contributed by atoms with Gasteiger partial charge >= 0.3 is 0 Å². The lowest BCUT2D eigenvalue weighted by Gasteiger charge is -2.22. The van der Waals surface area contributed by atoms with Crippen LogP contribution in [0.4, 0.5) is 8.78 Å². The summed E-state index contributed by atoms with van der Waals surface area (Å²) in [5.41, 5.74) is 0.0667. The molecule has 6 heteroatoms. The van der Waals surface area contributed by atoms with Crippen LogP contribution in [-0.4, -0.2) is 25.5 Å². The molecular formula is C16H21ClF2N2O. The van der Waals surface area contributed by atoms with E-state index in [1.54, 1.807) is 0 Å². The van der Waals surface area contributed by atoms with Gasteiger partial charge in [-0.25, -0.2) is 8.78 Å². The van der Waals surface area contributed by atoms with Gasteiger partial charge in [-0.15, -0.1) is 12.4 Å². The number of benzene rings is 1. The number of carbonyl (C=O) groups excluding carboxylic acids is 1. The van der Waals surface area contributed by atoms with E-state index in [2.05, 4.69) is 10.6 Å². The topological polar surface area (TPSA) is 41.1 Å². The number of hydrogen-bond acceptors (Lipinski definition) is 2. The Morgan fingerprint density at radius 2 is 2.05 bits per heavy atom. The van der Waals surface area contributed by atoms with Crippen molar-refractivity contribution in [3.8, 4) is 0 Å². The lowest BCUT2D eigenvalue weighted by atomic mass is 9.99. The normalized spacial score (nSPS) is 26.9. The fraction of sp³-hybridized carbons (Fsp3) is 0.562. The molecule has 0 spiro atoms. The van der Waals surface area contributed by atoms with Crippen molar-refractivity contribution in [2.75, 3.05) is 19.6 Å². The SMILES string of the molecule is Cl.O=C(NCC1CCCNC1)C1CC1c1c(F)cccc1F. The van der Waals surface area contributed by atoms with Crippen molar-refractivity contribution in [2.24, 2.45) is 11.8 Å². The number of rotatable bonds is 4. The first-order valence-electron chi connectivity index (χ1n) is 7.59. The average Bonchev–Trinajstić information content (AvgIpc) is 3.26. The van der Waals surface area contributed by atoms with Crippen molar-refractivity contribution < 1.29 is 13.6 Å². The molecule has 22 heavy (non-hydrogen) atoms. The predicted molar refractivity (Wildman–Crippen MR) is 83.1 cm³/mol. The fourth-order valence-electron chi connectivity index (χ4n) is 3.14. The van der Waals surface area contributed by atoms with Crippen LogP contribution >= 0.6 is 12.4 Å². The van der Waals surface area contributed by atoms with Gasteiger partial charge in [0.05, 0.1) is 0 Å². The van der Waals surface area contributed by atoms with E-state index < -0.39 is 11.6 Å². The van der Waals surface area contributed by atoms with Crippen LogP contribution < -0.4 is 10.6 Å². The van der Waals surface area contributed by atoms with Crippen LogP contribution in [0.15, 0.2) is 18.2 Å². The molecule has 1 saturated heterocycles. The Hall–Kier alpha value is -1.20. The van der Waals surface area contributed by atoms with Gasteiger partial charge in [0.15, 0.2) is 0 Å². The summed E-state index contributed by atoms with van der Waals surface area (Å²) < 4.78 is 27.3. The standard InChI is InChI=1S/C16H20F2N2O.ClH/c17-13-4-1-5-14(18)15(13)11-7-12(11)16(21)20-9-10-3-2-6-19-8-10;/h1,4-5,10-12,19H,2-3,6-9H2,(H,20,21);1H. The van der Waals surface area contributed by atoms with Gasteiger partial charge in [0.1, 0.15) is 11.6 Å². The lowest BCUT2D eigenvalue weighted by molar-refractivity contribution is -0.122. The average molecular weight is 331 g/mol. The molecule has 122 valence electrons. The first kappa shape index (κ1) is 17.2. The molecular weight excluding hydrogens is 310 g/mol. The molecule has 2 N–H and O–H groups in total. The van der Waals surface area contributed by atoms with Crippen molar-refractivity contribution >= 4 is 18.3 Å². The van der Waals surface area contributed by atoms with Gasteiger partial charge in [-0.1, -0.05) is 6.07 Å². The number of halogens is 3. The highest BCUT2D eigenvalue weighted by molar-refractivity contribution is 5.85. The molecule has 2 aliphatic rings. The molecule has 1 aliphatic heterocycles. The largest absolute Gasteiger partial charge is 0.356 e. The molecule has 2 fully saturated rings. The second-order valence-corrected chi connectivity index (χ2v) is 6.04. The Morgan fingerprint density at radius 3 is 2.68 bits per heavy atom. The van der Waals surface area contributed by atoms with Gasteiger partial charge < -0.3 is 10.6 Å². The van der Waals surface area contributed by atoms with Crippen molar-refractivity contribution in [1.82, 2.24) is 10.6 Å². The maximum atomic E-state index is 13.7. The van der Waals surface area contributed by atoms with Gasteiger partial charge in [0, 0.05) is 23.9 Å². The van der Waals surface area contributed by atoms with E-state index in [9.17, 15) is 13.6 Å². The van der Waals surface area contributed by atoms with Gasteiger partial charge in [0.2, 0.25) is 5.91 Å². The minimum atomic E-state index is -0.549. The van der Waals surface area contributed by atoms with E-state index in [1.165, 1.54) is 18.2 Å². The highest BCUT2D eigenvalue weighted by atomic mass is 35.5. The van der Waals surface area contributed by atoms with E-state index in [0.717, 1.165) is 25.9 Å². The highest BCUT2D eigenvalue weighted by Crippen LogP contribution is 2.49. The van der Waals surface area contributed by atoms with E-state index in [4.69, 9.17) is 0 Å². The first-order valence-corrected chi connectivity index (χ1v) is 7.59. The summed E-state index contributed by atoms with van der Waals surface area (Å²) in [5, 5.41) is 6.23. The van der Waals surface area contributed by atoms with Crippen LogP contribution in [0.25, 0.3) is 0 Å². The van der Waals surface area contributed by atoms with E-state index in [1.807, 2.05) is 0 Å². The number of hydrogen-bond donors (Lipinski definition) is 2. The van der Waals surface area contributed by atoms with Gasteiger partial charge in [-0.2, -0.15) is 0 Å². The number of piperidine rings is 1. The fourth-order valence-corrected chi connectivity index (χ4v) is 3.14. The second kappa shape index (κ2) is 7.38. The van der Waals surface area contributed by atoms with Crippen LogP contribution in [0.1, 0.15) is 30.7 Å². The van der Waals surface area contributed by atoms with Crippen LogP contribution in [0, 0.1) is 23.5 Å². The minimum absolute atomic E-state index is 0. The maximum absolute atomic E-state index is 13.7. The summed E-state index contributed by atoms with van der Waals surface area (Å²) in [5.74, 6) is -1.31. The van der Waals surface area contributed by atoms with Gasteiger partial charge in [-0.05, 0) is 50.4 Å². The summed E-state index contributed by atoms with van der Waals surface area (Å²) >= 11 is 0. The van der Waals surface area contributed by atoms with Crippen molar-refractivity contribution in [2.45, 2.75) is 25.2 Å². The predicted octanol–water partition coefficient (Wildman–Crippen LogP) is 2.61. The van der Waals surface area contributed by atoms with Crippen molar-refractivity contribution in [3.05, 3.63) is 35.4 Å². The summed E-state index contributed by atoms with van der Waals surface area (Å²) in [7, 11) is 0. The Balaban J connectivity index is 0.00000176. The Bertz CT molecular complexity index is 515. The van der Waals surface area contributed by atoms with Crippen LogP contribution in [0.3, 0.4) is 0 Å². The molecule has 3 rings (SSSR count). The number of amides is 1. The number of carbonyl (C=O) groups is 1. The minimum Gasteiger partial charge on any atom is -0.356 e. The third-order valence-electron chi connectivity index (χ3n) is 4.46. The molecule has 1 amide bonds. The molecule has 1 heterocycles. The molecule has 0 bridgehead atoms. The van der Waals surface area contributed by atoms with E-state index in [-0.39, 0.29) is 35.7 Å². The third kappa shape index (κ3) is 3.76. The maximum Gasteiger partial charge on any atom is 0.223 e. The Labute approximate surface area is 135 Å². The molecule has 1 aromatic carbocycles. The molecule has 3 nitrogen and oxygen atoms in total. The zero-order chi connectivity index (χ0) is 14.8. The van der Waals surface area contributed by atoms with Crippen LogP contribution in [0.5, 0.6) is 0 Å². The van der Waals surface area contributed by atoms with Crippen LogP contribution in [-0.2, 0) is 4.79 Å². The molecule has 1 aliphatic carbocycles. The lowest BCUT2D eigenvalue weighted by Crippen LogP contribution is -2.38. The zero-order valence-electron chi connectivity index (χ0n) is 12.3. The smallest absolute Gasteiger partial charge is 0.223 e. The number of nitrogens with one attached hydrogen (secondary N) is 2. The Kier molecular flexibility index (Phi) is 5.75. The van der Waals surface area contributed by atoms with E-state index >= 15 is 0 Å². The quantitative estimate of drug-likeness (QED) is 0.891. The molecule has 3 atom stereocenters. The highest BCUT2D eigenvalue weighted by Gasteiger charge is 2.46. The first-order chi connectivity index (χ1) is 10.2. The van der Waals surface area contributed by atoms with Crippen LogP contribution in [0.2, 0.25) is 0 Å². The Morgan fingerprint density at radius 1 is 1.32 bits per heavy atom. The molecule has 0 radical (unpaired) electrons. The molecule has 1 saturated carbocycles. The zero-order valence-corrected chi connectivity index (χ0v) is 13.1. The second-order valence-electron chi connectivity index (χ2n) is 6.04. The van der Waals surface area contributed by atoms with Gasteiger partial charge in [0.25, 0.3) is 0 Å². The summed E-state index contributed by atoms with van der Waals surface area (Å²) in [6.07, 6.45) is 2.78. The van der Waals surface area contributed by atoms with Gasteiger partial charge in [-0.3, -0.25) is 4.79 Å². The summed E-state index contributed by atoms with van der Waals surface area (Å²) in [6.45, 7) is 2.62. The summed E-state index contributed by atoms with van der Waals surface area (Å²) in [6, 6.07) is 3.85. The monoisotopic (exact) mass is 330 g/mol. The molecule has 3 unspecified atom stereocenters. The summed E-state index contributed by atoms with van der Waals surface area (Å²) in [4.78, 5) is 12.1. The molecule has 0 aromatic heterocycles. The van der Waals surface area contributed by atoms with Crippen molar-refractivity contribution in [1.29, 1.82) is 0 Å². The third-order valence-corrected chi connectivity index (χ3v) is 4.46. The van der Waals surface area contributed by atoms with Crippen molar-refractivity contribution in [3.63, 3.8) is 0 Å². The molecule has 1 aromatic rings. The van der Waals surface area contributed by atoms with E-state index in [0.29, 0.717) is 18.9 Å².